The fourth-order valence-corrected chi connectivity index (χ4v) is 3.43. The van der Waals surface area contributed by atoms with Gasteiger partial charge < -0.3 is 5.32 Å². The Morgan fingerprint density at radius 2 is 2.22 bits per heavy atom. The Morgan fingerprint density at radius 1 is 1.44 bits per heavy atom. The van der Waals surface area contributed by atoms with Gasteiger partial charge in [0.1, 0.15) is 5.82 Å². The summed E-state index contributed by atoms with van der Waals surface area (Å²) in [5.74, 6) is -0.630. The first-order chi connectivity index (χ1) is 8.49. The highest BCUT2D eigenvalue weighted by Gasteiger charge is 2.22. The van der Waals surface area contributed by atoms with E-state index in [9.17, 15) is 12.8 Å². The van der Waals surface area contributed by atoms with Crippen molar-refractivity contribution >= 4 is 21.6 Å². The minimum atomic E-state index is -3.64. The lowest BCUT2D eigenvalue weighted by atomic mass is 10.1. The summed E-state index contributed by atoms with van der Waals surface area (Å²) in [6.45, 7) is 1.51. The number of hydrogen-bond acceptors (Lipinski definition) is 3. The molecule has 4 nitrogen and oxygen atoms in total. The smallest absolute Gasteiger partial charge is 0.240 e. The van der Waals surface area contributed by atoms with Crippen LogP contribution in [0.2, 0.25) is 5.02 Å². The van der Waals surface area contributed by atoms with Gasteiger partial charge in [-0.25, -0.2) is 17.5 Å². The van der Waals surface area contributed by atoms with Gasteiger partial charge in [0.2, 0.25) is 10.0 Å². The van der Waals surface area contributed by atoms with Gasteiger partial charge in [0.05, 0.1) is 9.92 Å². The summed E-state index contributed by atoms with van der Waals surface area (Å²) in [5, 5.41) is 2.92. The van der Waals surface area contributed by atoms with Crippen LogP contribution in [0.3, 0.4) is 0 Å². The molecule has 1 aliphatic heterocycles. The van der Waals surface area contributed by atoms with Crippen molar-refractivity contribution in [2.24, 2.45) is 0 Å². The highest BCUT2D eigenvalue weighted by atomic mass is 35.5. The van der Waals surface area contributed by atoms with Crippen LogP contribution < -0.4 is 10.0 Å². The molecule has 1 fully saturated rings. The zero-order chi connectivity index (χ0) is 13.2. The van der Waals surface area contributed by atoms with Crippen LogP contribution in [-0.4, -0.2) is 27.5 Å². The van der Waals surface area contributed by atoms with E-state index >= 15 is 0 Å². The molecule has 0 bridgehead atoms. The van der Waals surface area contributed by atoms with Crippen LogP contribution in [0, 0.1) is 5.82 Å². The SMILES string of the molecule is O=S(=O)(N[C@@H]1CCCNC1)c1ccc(F)c(Cl)c1. The largest absolute Gasteiger partial charge is 0.315 e. The molecule has 0 spiro atoms. The standard InChI is InChI=1S/C11H14ClFN2O2S/c12-10-6-9(3-4-11(10)13)18(16,17)15-8-2-1-5-14-7-8/h3-4,6,8,14-15H,1-2,5,7H2/t8-/m1/s1. The molecule has 0 saturated carbocycles. The molecule has 1 saturated heterocycles. The molecular weight excluding hydrogens is 279 g/mol. The number of nitrogens with one attached hydrogen (secondary N) is 2. The van der Waals surface area contributed by atoms with Gasteiger partial charge in [0.25, 0.3) is 0 Å². The first kappa shape index (κ1) is 13.7. The van der Waals surface area contributed by atoms with Crippen molar-refractivity contribution in [2.45, 2.75) is 23.8 Å². The van der Waals surface area contributed by atoms with Crippen molar-refractivity contribution in [3.63, 3.8) is 0 Å². The highest BCUT2D eigenvalue weighted by Crippen LogP contribution is 2.19. The Bertz CT molecular complexity index is 530. The van der Waals surface area contributed by atoms with E-state index in [1.165, 1.54) is 6.07 Å². The third kappa shape index (κ3) is 3.20. The van der Waals surface area contributed by atoms with Gasteiger partial charge in [0, 0.05) is 12.6 Å². The first-order valence-corrected chi connectivity index (χ1v) is 7.53. The number of benzene rings is 1. The summed E-state index contributed by atoms with van der Waals surface area (Å²) in [7, 11) is -3.64. The number of rotatable bonds is 3. The fraction of sp³-hybridized carbons (Fsp3) is 0.455. The molecule has 2 rings (SSSR count). The van der Waals surface area contributed by atoms with Crippen molar-refractivity contribution < 1.29 is 12.8 Å². The third-order valence-electron chi connectivity index (χ3n) is 2.82. The number of hydrogen-bond donors (Lipinski definition) is 2. The average Bonchev–Trinajstić information content (AvgIpc) is 2.33. The molecule has 2 N–H and O–H groups in total. The predicted octanol–water partition coefficient (Wildman–Crippen LogP) is 1.51. The molecule has 0 aliphatic carbocycles. The summed E-state index contributed by atoms with van der Waals surface area (Å²) in [5.41, 5.74) is 0. The van der Waals surface area contributed by atoms with Crippen molar-refractivity contribution in [3.8, 4) is 0 Å². The van der Waals surface area contributed by atoms with Gasteiger partial charge in [-0.1, -0.05) is 11.6 Å². The lowest BCUT2D eigenvalue weighted by molar-refractivity contribution is 0.428. The molecule has 100 valence electrons. The maximum atomic E-state index is 13.0. The van der Waals surface area contributed by atoms with Crippen LogP contribution in [0.4, 0.5) is 4.39 Å². The number of sulfonamides is 1. The zero-order valence-electron chi connectivity index (χ0n) is 9.62. The summed E-state index contributed by atoms with van der Waals surface area (Å²) >= 11 is 5.58. The van der Waals surface area contributed by atoms with Crippen LogP contribution in [0.25, 0.3) is 0 Å². The van der Waals surface area contributed by atoms with E-state index in [1.54, 1.807) is 0 Å². The molecule has 0 radical (unpaired) electrons. The van der Waals surface area contributed by atoms with Crippen molar-refractivity contribution in [1.29, 1.82) is 0 Å². The van der Waals surface area contributed by atoms with E-state index in [1.807, 2.05) is 0 Å². The Labute approximate surface area is 111 Å². The lowest BCUT2D eigenvalue weighted by Crippen LogP contribution is -2.45. The predicted molar refractivity (Wildman–Crippen MR) is 67.6 cm³/mol. The normalized spacial score (nSPS) is 20.9. The Morgan fingerprint density at radius 3 is 2.83 bits per heavy atom. The van der Waals surface area contributed by atoms with E-state index in [4.69, 9.17) is 11.6 Å². The second-order valence-corrected chi connectivity index (χ2v) is 6.36. The van der Waals surface area contributed by atoms with Gasteiger partial charge in [-0.3, -0.25) is 0 Å². The quantitative estimate of drug-likeness (QED) is 0.888. The topological polar surface area (TPSA) is 58.2 Å². The van der Waals surface area contributed by atoms with Crippen molar-refractivity contribution in [3.05, 3.63) is 29.0 Å². The molecule has 1 heterocycles. The second kappa shape index (κ2) is 5.52. The molecule has 0 amide bonds. The number of piperidine rings is 1. The minimum Gasteiger partial charge on any atom is -0.315 e. The van der Waals surface area contributed by atoms with Crippen LogP contribution in [0.15, 0.2) is 23.1 Å². The van der Waals surface area contributed by atoms with E-state index in [-0.39, 0.29) is 16.0 Å². The second-order valence-electron chi connectivity index (χ2n) is 4.24. The molecule has 1 aromatic rings. The van der Waals surface area contributed by atoms with Gasteiger partial charge in [-0.05, 0) is 37.6 Å². The van der Waals surface area contributed by atoms with Crippen LogP contribution in [0.5, 0.6) is 0 Å². The van der Waals surface area contributed by atoms with Crippen LogP contribution in [-0.2, 0) is 10.0 Å². The van der Waals surface area contributed by atoms with Gasteiger partial charge >= 0.3 is 0 Å². The average molecular weight is 293 g/mol. The van der Waals surface area contributed by atoms with Gasteiger partial charge in [-0.2, -0.15) is 0 Å². The summed E-state index contributed by atoms with van der Waals surface area (Å²) < 4.78 is 39.7. The Kier molecular flexibility index (Phi) is 4.21. The summed E-state index contributed by atoms with van der Waals surface area (Å²) in [6, 6.07) is 3.25. The molecule has 7 heteroatoms. The maximum Gasteiger partial charge on any atom is 0.240 e. The monoisotopic (exact) mass is 292 g/mol. The van der Waals surface area contributed by atoms with E-state index in [0.29, 0.717) is 6.54 Å². The lowest BCUT2D eigenvalue weighted by Gasteiger charge is -2.23. The summed E-state index contributed by atoms with van der Waals surface area (Å²) in [6.07, 6.45) is 1.72. The van der Waals surface area contributed by atoms with Crippen molar-refractivity contribution in [1.82, 2.24) is 10.0 Å². The van der Waals surface area contributed by atoms with Crippen LogP contribution in [0.1, 0.15) is 12.8 Å². The maximum absolute atomic E-state index is 13.0. The van der Waals surface area contributed by atoms with E-state index < -0.39 is 15.8 Å². The first-order valence-electron chi connectivity index (χ1n) is 5.67. The molecule has 18 heavy (non-hydrogen) atoms. The Hall–Kier alpha value is -0.690. The zero-order valence-corrected chi connectivity index (χ0v) is 11.2. The molecule has 0 unspecified atom stereocenters. The molecule has 1 atom stereocenters. The molecule has 1 aliphatic rings. The molecule has 1 aromatic carbocycles. The van der Waals surface area contributed by atoms with E-state index in [2.05, 4.69) is 10.0 Å². The highest BCUT2D eigenvalue weighted by molar-refractivity contribution is 7.89. The summed E-state index contributed by atoms with van der Waals surface area (Å²) in [4.78, 5) is -0.0144. The Balaban J connectivity index is 2.16. The third-order valence-corrected chi connectivity index (χ3v) is 4.63. The van der Waals surface area contributed by atoms with Gasteiger partial charge in [-0.15, -0.1) is 0 Å². The van der Waals surface area contributed by atoms with E-state index in [0.717, 1.165) is 31.5 Å². The molecule has 0 aromatic heterocycles. The molecular formula is C11H14ClFN2O2S. The van der Waals surface area contributed by atoms with Crippen LogP contribution >= 0.6 is 11.6 Å². The number of halogens is 2. The van der Waals surface area contributed by atoms with Gasteiger partial charge in [0.15, 0.2) is 0 Å². The minimum absolute atomic E-state index is 0.0144. The fourth-order valence-electron chi connectivity index (χ4n) is 1.88. The van der Waals surface area contributed by atoms with Crippen molar-refractivity contribution in [2.75, 3.05) is 13.1 Å².